The van der Waals surface area contributed by atoms with Crippen LogP contribution in [0.3, 0.4) is 0 Å². The lowest BCUT2D eigenvalue weighted by atomic mass is 10.0. The molecule has 0 aromatic heterocycles. The maximum Gasteiger partial charge on any atom is 0.0611 e. The monoisotopic (exact) mass is 307 g/mol. The van der Waals surface area contributed by atoms with Crippen LogP contribution in [0.5, 0.6) is 0 Å². The van der Waals surface area contributed by atoms with Crippen molar-refractivity contribution in [3.8, 4) is 11.8 Å². The molecule has 0 radical (unpaired) electrons. The minimum absolute atomic E-state index is 0.111. The molecule has 120 valence electrons. The molecule has 2 nitrogen and oxygen atoms in total. The topological polar surface area (TPSA) is 23.5 Å². The van der Waals surface area contributed by atoms with Gasteiger partial charge in [0.2, 0.25) is 0 Å². The number of benzene rings is 2. The fraction of sp³-hybridized carbons (Fsp3) is 0.333. The Balaban J connectivity index is 2.11. The normalized spacial score (nSPS) is 12.0. The van der Waals surface area contributed by atoms with Gasteiger partial charge in [0.1, 0.15) is 0 Å². The first-order valence-electron chi connectivity index (χ1n) is 8.13. The van der Waals surface area contributed by atoms with E-state index in [1.54, 1.807) is 0 Å². The lowest BCUT2D eigenvalue weighted by molar-refractivity contribution is 0.0966. The lowest BCUT2D eigenvalue weighted by Crippen LogP contribution is -2.41. The summed E-state index contributed by atoms with van der Waals surface area (Å²) in [6.45, 7) is 5.88. The van der Waals surface area contributed by atoms with Crippen LogP contribution in [0.1, 0.15) is 25.0 Å². The third-order valence-electron chi connectivity index (χ3n) is 3.94. The molecule has 23 heavy (non-hydrogen) atoms. The quantitative estimate of drug-likeness (QED) is 0.825. The number of hydrogen-bond donors (Lipinski definition) is 1. The van der Waals surface area contributed by atoms with Gasteiger partial charge in [0, 0.05) is 18.2 Å². The van der Waals surface area contributed by atoms with E-state index >= 15 is 0 Å². The predicted octanol–water partition coefficient (Wildman–Crippen LogP) is 3.56. The molecule has 1 atom stereocenters. The summed E-state index contributed by atoms with van der Waals surface area (Å²) in [5.41, 5.74) is 2.27. The van der Waals surface area contributed by atoms with Crippen molar-refractivity contribution in [2.45, 2.75) is 26.4 Å². The molecule has 2 heteroatoms. The standard InChI is InChI=1S/C21H25NO/c1-18(2)21(17-23)22(16-20-12-7-4-8-13-20)15-9-14-19-10-5-3-6-11-19/h3-8,10-13,18,21,23H,15-17H2,1-2H3/t21-/m1/s1. The molecule has 0 saturated heterocycles. The zero-order chi connectivity index (χ0) is 16.5. The van der Waals surface area contributed by atoms with Crippen LogP contribution in [0.4, 0.5) is 0 Å². The molecule has 0 fully saturated rings. The Morgan fingerprint density at radius 2 is 1.57 bits per heavy atom. The largest absolute Gasteiger partial charge is 0.395 e. The van der Waals surface area contributed by atoms with Crippen LogP contribution < -0.4 is 0 Å². The average Bonchev–Trinajstić information content (AvgIpc) is 2.57. The fourth-order valence-corrected chi connectivity index (χ4v) is 2.62. The molecule has 0 amide bonds. The number of aliphatic hydroxyl groups is 1. The summed E-state index contributed by atoms with van der Waals surface area (Å²) in [6, 6.07) is 20.5. The minimum atomic E-state index is 0.111. The summed E-state index contributed by atoms with van der Waals surface area (Å²) in [6.07, 6.45) is 0. The van der Waals surface area contributed by atoms with Gasteiger partial charge in [-0.15, -0.1) is 0 Å². The average molecular weight is 307 g/mol. The van der Waals surface area contributed by atoms with Crippen molar-refractivity contribution in [2.24, 2.45) is 5.92 Å². The van der Waals surface area contributed by atoms with Gasteiger partial charge >= 0.3 is 0 Å². The molecule has 1 N–H and O–H groups in total. The van der Waals surface area contributed by atoms with Crippen molar-refractivity contribution in [3.05, 3.63) is 71.8 Å². The van der Waals surface area contributed by atoms with Crippen molar-refractivity contribution in [1.82, 2.24) is 4.90 Å². The molecule has 0 heterocycles. The Morgan fingerprint density at radius 1 is 0.957 bits per heavy atom. The molecule has 0 aliphatic heterocycles. The van der Waals surface area contributed by atoms with Crippen molar-refractivity contribution in [3.63, 3.8) is 0 Å². The van der Waals surface area contributed by atoms with Crippen LogP contribution in [0.15, 0.2) is 60.7 Å². The smallest absolute Gasteiger partial charge is 0.0611 e. The fourth-order valence-electron chi connectivity index (χ4n) is 2.62. The summed E-state index contributed by atoms with van der Waals surface area (Å²) < 4.78 is 0. The van der Waals surface area contributed by atoms with Crippen LogP contribution >= 0.6 is 0 Å². The van der Waals surface area contributed by atoms with Gasteiger partial charge in [-0.1, -0.05) is 74.2 Å². The zero-order valence-electron chi connectivity index (χ0n) is 13.9. The molecule has 2 rings (SSSR count). The maximum absolute atomic E-state index is 9.77. The van der Waals surface area contributed by atoms with Gasteiger partial charge in [-0.25, -0.2) is 0 Å². The van der Waals surface area contributed by atoms with Crippen molar-refractivity contribution in [1.29, 1.82) is 0 Å². The van der Waals surface area contributed by atoms with Crippen LogP contribution in [-0.2, 0) is 6.54 Å². The summed E-state index contributed by atoms with van der Waals surface area (Å²) in [4.78, 5) is 2.26. The Labute approximate surface area is 139 Å². The van der Waals surface area contributed by atoms with Gasteiger partial charge in [0.25, 0.3) is 0 Å². The Kier molecular flexibility index (Phi) is 6.87. The molecule has 2 aromatic carbocycles. The summed E-state index contributed by atoms with van der Waals surface area (Å²) in [5, 5.41) is 9.77. The van der Waals surface area contributed by atoms with E-state index in [9.17, 15) is 5.11 Å². The van der Waals surface area contributed by atoms with Crippen molar-refractivity contribution >= 4 is 0 Å². The third kappa shape index (κ3) is 5.56. The van der Waals surface area contributed by atoms with Crippen LogP contribution in [0, 0.1) is 17.8 Å². The molecule has 2 aromatic rings. The minimum Gasteiger partial charge on any atom is -0.395 e. The Morgan fingerprint density at radius 3 is 2.13 bits per heavy atom. The van der Waals surface area contributed by atoms with E-state index in [1.807, 2.05) is 48.5 Å². The first-order valence-corrected chi connectivity index (χ1v) is 8.13. The molecule has 0 spiro atoms. The van der Waals surface area contributed by atoms with E-state index in [2.05, 4.69) is 42.7 Å². The van der Waals surface area contributed by atoms with Crippen LogP contribution in [0.2, 0.25) is 0 Å². The molecular weight excluding hydrogens is 282 g/mol. The highest BCUT2D eigenvalue weighted by atomic mass is 16.3. The highest BCUT2D eigenvalue weighted by molar-refractivity contribution is 5.33. The van der Waals surface area contributed by atoms with E-state index in [1.165, 1.54) is 5.56 Å². The third-order valence-corrected chi connectivity index (χ3v) is 3.94. The summed E-state index contributed by atoms with van der Waals surface area (Å²) in [7, 11) is 0. The Hall–Kier alpha value is -2.08. The SMILES string of the molecule is CC(C)[C@@H](CO)N(CC#Cc1ccccc1)Cc1ccccc1. The van der Waals surface area contributed by atoms with Gasteiger partial charge in [-0.05, 0) is 23.6 Å². The van der Waals surface area contributed by atoms with E-state index in [0.717, 1.165) is 12.1 Å². The molecular formula is C21H25NO. The van der Waals surface area contributed by atoms with E-state index in [-0.39, 0.29) is 12.6 Å². The van der Waals surface area contributed by atoms with Crippen molar-refractivity contribution in [2.75, 3.05) is 13.2 Å². The maximum atomic E-state index is 9.77. The highest BCUT2D eigenvalue weighted by Crippen LogP contribution is 2.14. The first-order chi connectivity index (χ1) is 11.2. The number of hydrogen-bond acceptors (Lipinski definition) is 2. The Bertz CT molecular complexity index is 625. The van der Waals surface area contributed by atoms with Gasteiger partial charge < -0.3 is 5.11 Å². The summed E-state index contributed by atoms with van der Waals surface area (Å²) >= 11 is 0. The molecule has 0 aliphatic rings. The van der Waals surface area contributed by atoms with Gasteiger partial charge in [0.15, 0.2) is 0 Å². The van der Waals surface area contributed by atoms with Gasteiger partial charge in [-0.3, -0.25) is 4.90 Å². The van der Waals surface area contributed by atoms with E-state index < -0.39 is 0 Å². The zero-order valence-corrected chi connectivity index (χ0v) is 13.9. The number of rotatable bonds is 6. The lowest BCUT2D eigenvalue weighted by Gasteiger charge is -2.31. The highest BCUT2D eigenvalue weighted by Gasteiger charge is 2.20. The van der Waals surface area contributed by atoms with Gasteiger partial charge in [0.05, 0.1) is 13.2 Å². The predicted molar refractivity (Wildman–Crippen MR) is 95.9 cm³/mol. The second kappa shape index (κ2) is 9.15. The number of nitrogens with zero attached hydrogens (tertiary/aromatic N) is 1. The van der Waals surface area contributed by atoms with Crippen LogP contribution in [-0.4, -0.2) is 29.2 Å². The van der Waals surface area contributed by atoms with Gasteiger partial charge in [-0.2, -0.15) is 0 Å². The second-order valence-corrected chi connectivity index (χ2v) is 6.05. The van der Waals surface area contributed by atoms with Crippen LogP contribution in [0.25, 0.3) is 0 Å². The second-order valence-electron chi connectivity index (χ2n) is 6.05. The summed E-state index contributed by atoms with van der Waals surface area (Å²) in [5.74, 6) is 6.84. The first kappa shape index (κ1) is 17.3. The van der Waals surface area contributed by atoms with E-state index in [0.29, 0.717) is 12.5 Å². The molecule has 0 aliphatic carbocycles. The van der Waals surface area contributed by atoms with Crippen molar-refractivity contribution < 1.29 is 5.11 Å². The molecule has 0 bridgehead atoms. The van der Waals surface area contributed by atoms with E-state index in [4.69, 9.17) is 0 Å². The number of aliphatic hydroxyl groups excluding tert-OH is 1. The molecule has 0 unspecified atom stereocenters. The molecule has 0 saturated carbocycles.